The van der Waals surface area contributed by atoms with Crippen LogP contribution in [0.15, 0.2) is 36.4 Å². The van der Waals surface area contributed by atoms with Crippen LogP contribution in [-0.2, 0) is 24.7 Å². The Kier molecular flexibility index (Phi) is 5.53. The molecule has 1 fully saturated rings. The lowest BCUT2D eigenvalue weighted by atomic mass is 9.79. The van der Waals surface area contributed by atoms with Gasteiger partial charge in [-0.1, -0.05) is 25.1 Å². The number of rotatable bonds is 5. The number of hydrogen-bond donors (Lipinski definition) is 0. The minimum absolute atomic E-state index is 0.226. The third-order valence-corrected chi connectivity index (χ3v) is 4.01. The van der Waals surface area contributed by atoms with Gasteiger partial charge in [0.05, 0.1) is 0 Å². The first-order chi connectivity index (χ1) is 10.9. The molecule has 5 heteroatoms. The average molecular weight is 320 g/mol. The Morgan fingerprint density at radius 1 is 1.17 bits per heavy atom. The zero-order chi connectivity index (χ0) is 16.9. The van der Waals surface area contributed by atoms with Crippen molar-refractivity contribution in [2.45, 2.75) is 44.6 Å². The maximum atomic E-state index is 13.2. The molecule has 4 nitrogen and oxygen atoms in total. The van der Waals surface area contributed by atoms with Gasteiger partial charge in [-0.25, -0.2) is 14.0 Å². The zero-order valence-corrected chi connectivity index (χ0v) is 13.3. The van der Waals surface area contributed by atoms with E-state index >= 15 is 0 Å². The summed E-state index contributed by atoms with van der Waals surface area (Å²) in [4.78, 5) is 23.4. The van der Waals surface area contributed by atoms with Crippen LogP contribution in [0.2, 0.25) is 0 Å². The van der Waals surface area contributed by atoms with Crippen molar-refractivity contribution < 1.29 is 23.5 Å². The second-order valence-electron chi connectivity index (χ2n) is 5.89. The minimum atomic E-state index is -0.765. The predicted octanol–water partition coefficient (Wildman–Crippen LogP) is 3.65. The normalized spacial score (nSPS) is 16.4. The summed E-state index contributed by atoms with van der Waals surface area (Å²) in [5, 5.41) is 0. The summed E-state index contributed by atoms with van der Waals surface area (Å²) < 4.78 is 23.7. The van der Waals surface area contributed by atoms with Crippen molar-refractivity contribution in [2.24, 2.45) is 0 Å². The third kappa shape index (κ3) is 4.41. The number of carbonyl (C=O) groups excluding carboxylic acids is 2. The monoisotopic (exact) mass is 320 g/mol. The van der Waals surface area contributed by atoms with Crippen LogP contribution in [0.25, 0.3) is 0 Å². The van der Waals surface area contributed by atoms with Gasteiger partial charge in [-0.2, -0.15) is 0 Å². The number of ether oxygens (including phenoxy) is 2. The molecule has 0 aromatic heterocycles. The van der Waals surface area contributed by atoms with Crippen LogP contribution in [0, 0.1) is 5.82 Å². The second kappa shape index (κ2) is 7.40. The van der Waals surface area contributed by atoms with E-state index in [9.17, 15) is 14.0 Å². The lowest BCUT2D eigenvalue weighted by Gasteiger charge is -2.37. The summed E-state index contributed by atoms with van der Waals surface area (Å²) in [6, 6.07) is 6.02. The molecule has 1 saturated carbocycles. The number of benzene rings is 1. The Morgan fingerprint density at radius 2 is 1.78 bits per heavy atom. The number of esters is 2. The van der Waals surface area contributed by atoms with E-state index < -0.39 is 24.1 Å². The van der Waals surface area contributed by atoms with Gasteiger partial charge in [0.15, 0.2) is 6.61 Å². The second-order valence-corrected chi connectivity index (χ2v) is 5.89. The highest BCUT2D eigenvalue weighted by molar-refractivity contribution is 5.88. The summed E-state index contributed by atoms with van der Waals surface area (Å²) in [5.74, 6) is -1.56. The zero-order valence-electron chi connectivity index (χ0n) is 13.3. The first kappa shape index (κ1) is 17.2. The Balaban J connectivity index is 2.09. The molecule has 23 heavy (non-hydrogen) atoms. The van der Waals surface area contributed by atoms with E-state index in [0.29, 0.717) is 12.8 Å². The number of hydrogen-bond acceptors (Lipinski definition) is 4. The molecule has 0 saturated heterocycles. The molecule has 1 aromatic carbocycles. The molecule has 124 valence electrons. The molecule has 2 rings (SSSR count). The first-order valence-corrected chi connectivity index (χ1v) is 7.73. The van der Waals surface area contributed by atoms with Gasteiger partial charge in [-0.05, 0) is 50.3 Å². The van der Waals surface area contributed by atoms with Gasteiger partial charge in [0.2, 0.25) is 0 Å². The van der Waals surface area contributed by atoms with Gasteiger partial charge in [0.1, 0.15) is 11.4 Å². The first-order valence-electron chi connectivity index (χ1n) is 7.73. The summed E-state index contributed by atoms with van der Waals surface area (Å²) in [6.45, 7) is 4.51. The highest BCUT2D eigenvalue weighted by Gasteiger charge is 2.38. The van der Waals surface area contributed by atoms with Crippen molar-refractivity contribution >= 4 is 11.9 Å². The molecule has 1 aliphatic rings. The fourth-order valence-electron chi connectivity index (χ4n) is 2.82. The highest BCUT2D eigenvalue weighted by Crippen LogP contribution is 2.40. The predicted molar refractivity (Wildman–Crippen MR) is 83.0 cm³/mol. The van der Waals surface area contributed by atoms with Crippen LogP contribution in [0.4, 0.5) is 4.39 Å². The van der Waals surface area contributed by atoms with E-state index in [4.69, 9.17) is 9.47 Å². The Morgan fingerprint density at radius 3 is 2.35 bits per heavy atom. The molecule has 0 atom stereocenters. The molecule has 0 amide bonds. The number of carbonyl (C=O) groups is 2. The molecule has 0 aliphatic heterocycles. The minimum Gasteiger partial charge on any atom is -0.452 e. The molecule has 1 aromatic rings. The average Bonchev–Trinajstić information content (AvgIpc) is 2.54. The van der Waals surface area contributed by atoms with Crippen molar-refractivity contribution in [3.63, 3.8) is 0 Å². The third-order valence-electron chi connectivity index (χ3n) is 4.01. The molecule has 0 N–H and O–H groups in total. The molecule has 1 aliphatic carbocycles. The molecular weight excluding hydrogens is 299 g/mol. The number of halogens is 1. The van der Waals surface area contributed by atoms with Gasteiger partial charge in [0.25, 0.3) is 0 Å². The standard InChI is InChI=1S/C18H21FO4/c1-13(2)17(21)22-12-16(20)23-18(10-4-3-5-11-18)14-6-8-15(19)9-7-14/h6-9H,1,3-5,10-12H2,2H3. The van der Waals surface area contributed by atoms with Crippen LogP contribution < -0.4 is 0 Å². The van der Waals surface area contributed by atoms with E-state index in [1.165, 1.54) is 19.1 Å². The lowest BCUT2D eigenvalue weighted by Crippen LogP contribution is -2.36. The van der Waals surface area contributed by atoms with E-state index in [1.807, 2.05) is 0 Å². The Hall–Kier alpha value is -2.17. The highest BCUT2D eigenvalue weighted by atomic mass is 19.1. The van der Waals surface area contributed by atoms with Crippen molar-refractivity contribution in [3.8, 4) is 0 Å². The maximum Gasteiger partial charge on any atom is 0.345 e. The Bertz CT molecular complexity index is 586. The molecule has 0 bridgehead atoms. The molecular formula is C18H21FO4. The van der Waals surface area contributed by atoms with Crippen LogP contribution in [-0.4, -0.2) is 18.5 Å². The van der Waals surface area contributed by atoms with Gasteiger partial charge in [0, 0.05) is 5.57 Å². The van der Waals surface area contributed by atoms with Gasteiger partial charge in [-0.15, -0.1) is 0 Å². The van der Waals surface area contributed by atoms with Crippen molar-refractivity contribution in [2.75, 3.05) is 6.61 Å². The smallest absolute Gasteiger partial charge is 0.345 e. The van der Waals surface area contributed by atoms with Crippen molar-refractivity contribution in [3.05, 3.63) is 47.8 Å². The van der Waals surface area contributed by atoms with Crippen molar-refractivity contribution in [1.29, 1.82) is 0 Å². The molecule has 0 radical (unpaired) electrons. The molecule has 0 spiro atoms. The summed E-state index contributed by atoms with van der Waals surface area (Å²) in [5.41, 5.74) is 0.237. The topological polar surface area (TPSA) is 52.6 Å². The SMILES string of the molecule is C=C(C)C(=O)OCC(=O)OC1(c2ccc(F)cc2)CCCCC1. The molecule has 0 unspecified atom stereocenters. The maximum absolute atomic E-state index is 13.2. The largest absolute Gasteiger partial charge is 0.452 e. The van der Waals surface area contributed by atoms with Crippen LogP contribution >= 0.6 is 0 Å². The van der Waals surface area contributed by atoms with Gasteiger partial charge < -0.3 is 9.47 Å². The van der Waals surface area contributed by atoms with E-state index in [2.05, 4.69) is 6.58 Å². The Labute approximate surface area is 135 Å². The van der Waals surface area contributed by atoms with Crippen molar-refractivity contribution in [1.82, 2.24) is 0 Å². The molecule has 0 heterocycles. The fourth-order valence-corrected chi connectivity index (χ4v) is 2.82. The van der Waals surface area contributed by atoms with E-state index in [1.54, 1.807) is 12.1 Å². The van der Waals surface area contributed by atoms with E-state index in [-0.39, 0.29) is 11.4 Å². The quantitative estimate of drug-likeness (QED) is 0.614. The fraction of sp³-hybridized carbons (Fsp3) is 0.444. The summed E-state index contributed by atoms with van der Waals surface area (Å²) in [6.07, 6.45) is 4.29. The van der Waals surface area contributed by atoms with Crippen LogP contribution in [0.1, 0.15) is 44.6 Å². The lowest BCUT2D eigenvalue weighted by molar-refractivity contribution is -0.173. The van der Waals surface area contributed by atoms with Crippen LogP contribution in [0.3, 0.4) is 0 Å². The van der Waals surface area contributed by atoms with Gasteiger partial charge >= 0.3 is 11.9 Å². The summed E-state index contributed by atoms with van der Waals surface area (Å²) >= 11 is 0. The summed E-state index contributed by atoms with van der Waals surface area (Å²) in [7, 11) is 0. The van der Waals surface area contributed by atoms with Gasteiger partial charge in [-0.3, -0.25) is 0 Å². The van der Waals surface area contributed by atoms with E-state index in [0.717, 1.165) is 24.8 Å². The van der Waals surface area contributed by atoms with Crippen LogP contribution in [0.5, 0.6) is 0 Å².